The molecule has 1 saturated heterocycles. The van der Waals surface area contributed by atoms with Crippen molar-refractivity contribution in [1.29, 1.82) is 0 Å². The maximum absolute atomic E-state index is 14.5. The summed E-state index contributed by atoms with van der Waals surface area (Å²) in [5, 5.41) is 3.40. The van der Waals surface area contributed by atoms with E-state index in [0.29, 0.717) is 42.3 Å². The van der Waals surface area contributed by atoms with Gasteiger partial charge in [-0.15, -0.1) is 0 Å². The highest BCUT2D eigenvalue weighted by molar-refractivity contribution is 6.02. The van der Waals surface area contributed by atoms with Gasteiger partial charge in [0.25, 0.3) is 5.91 Å². The molecule has 0 radical (unpaired) electrons. The van der Waals surface area contributed by atoms with Gasteiger partial charge in [-0.1, -0.05) is 72.8 Å². The first-order chi connectivity index (χ1) is 17.2. The molecule has 5 heteroatoms. The summed E-state index contributed by atoms with van der Waals surface area (Å²) in [6.07, 6.45) is 0.734. The SMILES string of the molecule is O=C(c1cc(F)ccc1-c1ccccc1Oc1ccccc1)N1CCNC[C@H]1Cc1ccccc1. The van der Waals surface area contributed by atoms with Crippen LogP contribution in [-0.2, 0) is 6.42 Å². The first-order valence-corrected chi connectivity index (χ1v) is 11.9. The molecule has 0 bridgehead atoms. The van der Waals surface area contributed by atoms with E-state index in [1.165, 1.54) is 17.7 Å². The molecule has 35 heavy (non-hydrogen) atoms. The van der Waals surface area contributed by atoms with Crippen LogP contribution < -0.4 is 10.1 Å². The molecule has 0 spiro atoms. The van der Waals surface area contributed by atoms with E-state index in [4.69, 9.17) is 4.74 Å². The number of amides is 1. The van der Waals surface area contributed by atoms with Gasteiger partial charge in [0.1, 0.15) is 17.3 Å². The molecule has 1 aliphatic rings. The fraction of sp³-hybridized carbons (Fsp3) is 0.167. The number of hydrogen-bond donors (Lipinski definition) is 1. The van der Waals surface area contributed by atoms with Crippen LogP contribution in [-0.4, -0.2) is 36.5 Å². The van der Waals surface area contributed by atoms with Gasteiger partial charge >= 0.3 is 0 Å². The Balaban J connectivity index is 1.50. The highest BCUT2D eigenvalue weighted by atomic mass is 19.1. The molecule has 1 amide bonds. The van der Waals surface area contributed by atoms with Gasteiger partial charge in [0.2, 0.25) is 0 Å². The van der Waals surface area contributed by atoms with Crippen molar-refractivity contribution in [3.8, 4) is 22.6 Å². The maximum Gasteiger partial charge on any atom is 0.254 e. The third-order valence-corrected chi connectivity index (χ3v) is 6.29. The number of para-hydroxylation sites is 2. The number of benzene rings is 4. The number of carbonyl (C=O) groups is 1. The normalized spacial score (nSPS) is 15.6. The first kappa shape index (κ1) is 22.8. The standard InChI is InChI=1S/C30H27FN2O2/c31-23-15-16-26(27-13-7-8-14-29(27)35-25-11-5-2-6-12-25)28(20-23)30(34)33-18-17-32-21-24(33)19-22-9-3-1-4-10-22/h1-16,20,24,32H,17-19,21H2/t24-/m1/s1. The van der Waals surface area contributed by atoms with Gasteiger partial charge in [-0.3, -0.25) is 4.79 Å². The number of nitrogens with one attached hydrogen (secondary N) is 1. The van der Waals surface area contributed by atoms with Crippen LogP contribution in [0, 0.1) is 5.82 Å². The van der Waals surface area contributed by atoms with Gasteiger partial charge in [-0.25, -0.2) is 4.39 Å². The summed E-state index contributed by atoms with van der Waals surface area (Å²) < 4.78 is 20.6. The highest BCUT2D eigenvalue weighted by Gasteiger charge is 2.29. The Labute approximate surface area is 205 Å². The summed E-state index contributed by atoms with van der Waals surface area (Å²) in [5.74, 6) is 0.699. The van der Waals surface area contributed by atoms with Gasteiger partial charge in [-0.05, 0) is 47.9 Å². The van der Waals surface area contributed by atoms with Crippen LogP contribution in [0.1, 0.15) is 15.9 Å². The van der Waals surface area contributed by atoms with Crippen molar-refractivity contribution in [2.24, 2.45) is 0 Å². The number of carbonyl (C=O) groups excluding carboxylic acids is 1. The lowest BCUT2D eigenvalue weighted by Crippen LogP contribution is -2.54. The van der Waals surface area contributed by atoms with Crippen LogP contribution in [0.25, 0.3) is 11.1 Å². The molecular formula is C30H27FN2O2. The highest BCUT2D eigenvalue weighted by Crippen LogP contribution is 2.36. The second kappa shape index (κ2) is 10.5. The predicted octanol–water partition coefficient (Wildman–Crippen LogP) is 5.94. The Kier molecular flexibility index (Phi) is 6.87. The van der Waals surface area contributed by atoms with Gasteiger partial charge in [0.15, 0.2) is 0 Å². The summed E-state index contributed by atoms with van der Waals surface area (Å²) >= 11 is 0. The lowest BCUT2D eigenvalue weighted by atomic mass is 9.96. The Bertz CT molecular complexity index is 1290. The zero-order valence-electron chi connectivity index (χ0n) is 19.4. The number of rotatable bonds is 6. The van der Waals surface area contributed by atoms with Crippen LogP contribution in [0.5, 0.6) is 11.5 Å². The van der Waals surface area contributed by atoms with Crippen molar-refractivity contribution in [2.45, 2.75) is 12.5 Å². The molecular weight excluding hydrogens is 439 g/mol. The van der Waals surface area contributed by atoms with Gasteiger partial charge in [-0.2, -0.15) is 0 Å². The molecule has 0 aromatic heterocycles. The molecule has 0 unspecified atom stereocenters. The third kappa shape index (κ3) is 5.26. The molecule has 0 aliphatic carbocycles. The summed E-state index contributed by atoms with van der Waals surface area (Å²) in [6, 6.07) is 31.6. The van der Waals surface area contributed by atoms with Crippen LogP contribution in [0.3, 0.4) is 0 Å². The number of ether oxygens (including phenoxy) is 1. The van der Waals surface area contributed by atoms with Gasteiger partial charge in [0, 0.05) is 31.2 Å². The Hall–Kier alpha value is -3.96. The molecule has 4 aromatic rings. The van der Waals surface area contributed by atoms with E-state index in [-0.39, 0.29) is 11.9 Å². The van der Waals surface area contributed by atoms with E-state index in [2.05, 4.69) is 17.4 Å². The van der Waals surface area contributed by atoms with E-state index in [1.807, 2.05) is 77.7 Å². The van der Waals surface area contributed by atoms with Crippen molar-refractivity contribution in [2.75, 3.05) is 19.6 Å². The molecule has 5 rings (SSSR count). The van der Waals surface area contributed by atoms with E-state index in [1.54, 1.807) is 6.07 Å². The van der Waals surface area contributed by atoms with Crippen LogP contribution in [0.2, 0.25) is 0 Å². The zero-order valence-corrected chi connectivity index (χ0v) is 19.4. The summed E-state index contributed by atoms with van der Waals surface area (Å²) in [4.78, 5) is 15.8. The molecule has 1 fully saturated rings. The Morgan fingerprint density at radius 1 is 0.886 bits per heavy atom. The van der Waals surface area contributed by atoms with Crippen molar-refractivity contribution < 1.29 is 13.9 Å². The minimum Gasteiger partial charge on any atom is -0.457 e. The monoisotopic (exact) mass is 466 g/mol. The largest absolute Gasteiger partial charge is 0.457 e. The first-order valence-electron chi connectivity index (χ1n) is 11.9. The lowest BCUT2D eigenvalue weighted by Gasteiger charge is -2.37. The van der Waals surface area contributed by atoms with Crippen LogP contribution in [0.15, 0.2) is 103 Å². The molecule has 4 nitrogen and oxygen atoms in total. The summed E-state index contributed by atoms with van der Waals surface area (Å²) in [5.41, 5.74) is 2.91. The van der Waals surface area contributed by atoms with E-state index < -0.39 is 5.82 Å². The molecule has 0 saturated carbocycles. The van der Waals surface area contributed by atoms with Crippen molar-refractivity contribution in [3.63, 3.8) is 0 Å². The van der Waals surface area contributed by atoms with Gasteiger partial charge in [0.05, 0.1) is 5.56 Å². The Morgan fingerprint density at radius 2 is 1.60 bits per heavy atom. The van der Waals surface area contributed by atoms with E-state index in [0.717, 1.165) is 12.0 Å². The molecule has 1 heterocycles. The Morgan fingerprint density at radius 3 is 2.40 bits per heavy atom. The molecule has 176 valence electrons. The molecule has 1 atom stereocenters. The summed E-state index contributed by atoms with van der Waals surface area (Å²) in [7, 11) is 0. The minimum atomic E-state index is -0.437. The number of nitrogens with zero attached hydrogens (tertiary/aromatic N) is 1. The average molecular weight is 467 g/mol. The van der Waals surface area contributed by atoms with Crippen LogP contribution >= 0.6 is 0 Å². The quantitative estimate of drug-likeness (QED) is 0.382. The lowest BCUT2D eigenvalue weighted by molar-refractivity contribution is 0.0636. The van der Waals surface area contributed by atoms with Crippen molar-refractivity contribution in [3.05, 3.63) is 120 Å². The number of hydrogen-bond acceptors (Lipinski definition) is 3. The summed E-state index contributed by atoms with van der Waals surface area (Å²) in [6.45, 7) is 1.96. The fourth-order valence-electron chi connectivity index (χ4n) is 4.57. The smallest absolute Gasteiger partial charge is 0.254 e. The average Bonchev–Trinajstić information content (AvgIpc) is 2.90. The minimum absolute atomic E-state index is 0.0226. The number of piperazine rings is 1. The second-order valence-corrected chi connectivity index (χ2v) is 8.65. The fourth-order valence-corrected chi connectivity index (χ4v) is 4.57. The molecule has 4 aromatic carbocycles. The predicted molar refractivity (Wildman–Crippen MR) is 136 cm³/mol. The second-order valence-electron chi connectivity index (χ2n) is 8.65. The third-order valence-electron chi connectivity index (χ3n) is 6.29. The number of halogens is 1. The van der Waals surface area contributed by atoms with Crippen LogP contribution in [0.4, 0.5) is 4.39 Å². The van der Waals surface area contributed by atoms with Crippen molar-refractivity contribution in [1.82, 2.24) is 10.2 Å². The van der Waals surface area contributed by atoms with Crippen molar-refractivity contribution >= 4 is 5.91 Å². The van der Waals surface area contributed by atoms with Gasteiger partial charge < -0.3 is 15.0 Å². The maximum atomic E-state index is 14.5. The van der Waals surface area contributed by atoms with E-state index in [9.17, 15) is 9.18 Å². The molecule has 1 aliphatic heterocycles. The molecule has 1 N–H and O–H groups in total. The van der Waals surface area contributed by atoms with E-state index >= 15 is 0 Å². The zero-order chi connectivity index (χ0) is 24.0. The topological polar surface area (TPSA) is 41.6 Å².